The van der Waals surface area contributed by atoms with E-state index >= 15 is 0 Å². The van der Waals surface area contributed by atoms with Gasteiger partial charge in [0.15, 0.2) is 5.78 Å². The third-order valence-electron chi connectivity index (χ3n) is 2.81. The molecule has 0 saturated carbocycles. The Labute approximate surface area is 124 Å². The monoisotopic (exact) mass is 310 g/mol. The van der Waals surface area contributed by atoms with Gasteiger partial charge < -0.3 is 0 Å². The smallest absolute Gasteiger partial charge is 0.289 e. The van der Waals surface area contributed by atoms with Crippen LogP contribution < -0.4 is 0 Å². The molecule has 0 radical (unpaired) electrons. The first kappa shape index (κ1) is 15.3. The van der Waals surface area contributed by atoms with E-state index in [1.807, 2.05) is 0 Å². The van der Waals surface area contributed by atoms with Gasteiger partial charge in [-0.25, -0.2) is 0 Å². The summed E-state index contributed by atoms with van der Waals surface area (Å²) in [5.41, 5.74) is -0.461. The molecule has 108 valence electrons. The van der Waals surface area contributed by atoms with Crippen molar-refractivity contribution in [2.45, 2.75) is 6.18 Å². The van der Waals surface area contributed by atoms with Crippen LogP contribution in [0.25, 0.3) is 6.08 Å². The second kappa shape index (κ2) is 6.14. The number of alkyl halides is 3. The molecule has 0 aliphatic heterocycles. The molecule has 2 aromatic carbocycles. The Kier molecular flexibility index (Phi) is 4.48. The van der Waals surface area contributed by atoms with E-state index in [0.29, 0.717) is 10.6 Å². The van der Waals surface area contributed by atoms with E-state index in [1.165, 1.54) is 36.4 Å². The van der Waals surface area contributed by atoms with E-state index < -0.39 is 11.7 Å². The molecule has 21 heavy (non-hydrogen) atoms. The molecular formula is C16H10ClF3O. The summed E-state index contributed by atoms with van der Waals surface area (Å²) in [7, 11) is 0. The van der Waals surface area contributed by atoms with Gasteiger partial charge in [-0.3, -0.25) is 4.79 Å². The average Bonchev–Trinajstić information content (AvgIpc) is 2.45. The second-order valence-corrected chi connectivity index (χ2v) is 4.73. The van der Waals surface area contributed by atoms with Crippen LogP contribution in [0.15, 0.2) is 54.6 Å². The minimum absolute atomic E-state index is 0.0488. The van der Waals surface area contributed by atoms with E-state index in [9.17, 15) is 18.0 Å². The lowest BCUT2D eigenvalue weighted by atomic mass is 10.0. The molecular weight excluding hydrogens is 301 g/mol. The molecule has 0 bridgehead atoms. The molecule has 0 saturated heterocycles. The van der Waals surface area contributed by atoms with Crippen molar-refractivity contribution in [2.24, 2.45) is 0 Å². The maximum absolute atomic E-state index is 12.8. The van der Waals surface area contributed by atoms with Crippen LogP contribution in [0.2, 0.25) is 5.02 Å². The summed E-state index contributed by atoms with van der Waals surface area (Å²) in [6.07, 6.45) is -2.17. The molecule has 0 fully saturated rings. The number of rotatable bonds is 3. The molecule has 0 spiro atoms. The molecule has 0 atom stereocenters. The predicted molar refractivity (Wildman–Crippen MR) is 76.3 cm³/mol. The zero-order valence-corrected chi connectivity index (χ0v) is 11.4. The molecule has 0 aliphatic rings. The Morgan fingerprint density at radius 2 is 1.62 bits per heavy atom. The highest BCUT2D eigenvalue weighted by atomic mass is 35.5. The van der Waals surface area contributed by atoms with Gasteiger partial charge in [-0.2, -0.15) is 13.2 Å². The standard InChI is InChI=1S/C16H10ClF3O/c17-13-8-5-12(6-9-13)15(21)10-7-11-3-1-2-4-14(11)16(18,19)20/h1-10H/b10-7+. The first-order valence-corrected chi connectivity index (χ1v) is 6.40. The Bertz CT molecular complexity index is 673. The first-order valence-electron chi connectivity index (χ1n) is 6.02. The average molecular weight is 311 g/mol. The Hall–Kier alpha value is -2.07. The van der Waals surface area contributed by atoms with Crippen LogP contribution in [0.3, 0.4) is 0 Å². The molecule has 0 unspecified atom stereocenters. The summed E-state index contributed by atoms with van der Waals surface area (Å²) in [5, 5.41) is 0.484. The summed E-state index contributed by atoms with van der Waals surface area (Å²) in [5.74, 6) is -0.386. The normalized spacial score (nSPS) is 11.8. The van der Waals surface area contributed by atoms with Crippen molar-refractivity contribution < 1.29 is 18.0 Å². The van der Waals surface area contributed by atoms with Gasteiger partial charge >= 0.3 is 6.18 Å². The minimum atomic E-state index is -4.45. The van der Waals surface area contributed by atoms with Crippen LogP contribution in [-0.4, -0.2) is 5.78 Å². The summed E-state index contributed by atoms with van der Waals surface area (Å²) in [6.45, 7) is 0. The quantitative estimate of drug-likeness (QED) is 0.558. The molecule has 2 rings (SSSR count). The van der Waals surface area contributed by atoms with Crippen LogP contribution in [-0.2, 0) is 6.18 Å². The van der Waals surface area contributed by atoms with Crippen molar-refractivity contribution in [3.63, 3.8) is 0 Å². The van der Waals surface area contributed by atoms with Crippen LogP contribution >= 0.6 is 11.6 Å². The van der Waals surface area contributed by atoms with E-state index in [0.717, 1.165) is 12.1 Å². The van der Waals surface area contributed by atoms with Crippen molar-refractivity contribution >= 4 is 23.5 Å². The summed E-state index contributed by atoms with van der Waals surface area (Å²) in [6, 6.07) is 11.2. The fourth-order valence-electron chi connectivity index (χ4n) is 1.78. The highest BCUT2D eigenvalue weighted by Crippen LogP contribution is 2.32. The van der Waals surface area contributed by atoms with Crippen molar-refractivity contribution in [3.8, 4) is 0 Å². The van der Waals surface area contributed by atoms with Gasteiger partial charge in [-0.05, 0) is 42.0 Å². The summed E-state index contributed by atoms with van der Waals surface area (Å²) >= 11 is 5.71. The first-order chi connectivity index (χ1) is 9.88. The minimum Gasteiger partial charge on any atom is -0.289 e. The van der Waals surface area contributed by atoms with Crippen molar-refractivity contribution in [1.82, 2.24) is 0 Å². The van der Waals surface area contributed by atoms with E-state index in [2.05, 4.69) is 0 Å². The topological polar surface area (TPSA) is 17.1 Å². The summed E-state index contributed by atoms with van der Waals surface area (Å²) < 4.78 is 38.4. The maximum atomic E-state index is 12.8. The number of hydrogen-bond acceptors (Lipinski definition) is 1. The Morgan fingerprint density at radius 3 is 2.24 bits per heavy atom. The lowest BCUT2D eigenvalue weighted by Gasteiger charge is -2.09. The molecule has 0 heterocycles. The van der Waals surface area contributed by atoms with Gasteiger partial charge in [0.2, 0.25) is 0 Å². The zero-order chi connectivity index (χ0) is 15.5. The van der Waals surface area contributed by atoms with Crippen LogP contribution in [0, 0.1) is 0 Å². The van der Waals surface area contributed by atoms with Gasteiger partial charge in [0.05, 0.1) is 5.56 Å². The van der Waals surface area contributed by atoms with Crippen molar-refractivity contribution in [3.05, 3.63) is 76.3 Å². The van der Waals surface area contributed by atoms with Crippen molar-refractivity contribution in [1.29, 1.82) is 0 Å². The van der Waals surface area contributed by atoms with Gasteiger partial charge in [0, 0.05) is 10.6 Å². The molecule has 1 nitrogen and oxygen atoms in total. The molecule has 0 aromatic heterocycles. The van der Waals surface area contributed by atoms with Gasteiger partial charge in [0.25, 0.3) is 0 Å². The zero-order valence-electron chi connectivity index (χ0n) is 10.7. The van der Waals surface area contributed by atoms with E-state index in [1.54, 1.807) is 12.1 Å². The van der Waals surface area contributed by atoms with Gasteiger partial charge in [-0.15, -0.1) is 0 Å². The molecule has 2 aromatic rings. The van der Waals surface area contributed by atoms with Crippen molar-refractivity contribution in [2.75, 3.05) is 0 Å². The van der Waals surface area contributed by atoms with Crippen LogP contribution in [0.5, 0.6) is 0 Å². The number of carbonyl (C=O) groups excluding carboxylic acids is 1. The van der Waals surface area contributed by atoms with E-state index in [4.69, 9.17) is 11.6 Å². The number of ketones is 1. The largest absolute Gasteiger partial charge is 0.416 e. The molecule has 0 amide bonds. The highest BCUT2D eigenvalue weighted by Gasteiger charge is 2.32. The van der Waals surface area contributed by atoms with Crippen LogP contribution in [0.1, 0.15) is 21.5 Å². The predicted octanol–water partition coefficient (Wildman–Crippen LogP) is 5.25. The Morgan fingerprint density at radius 1 is 1.00 bits per heavy atom. The van der Waals surface area contributed by atoms with Crippen LogP contribution in [0.4, 0.5) is 13.2 Å². The molecule has 5 heteroatoms. The van der Waals surface area contributed by atoms with E-state index in [-0.39, 0.29) is 11.3 Å². The Balaban J connectivity index is 2.26. The molecule has 0 N–H and O–H groups in total. The van der Waals surface area contributed by atoms with Gasteiger partial charge in [0.1, 0.15) is 0 Å². The number of hydrogen-bond donors (Lipinski definition) is 0. The third-order valence-corrected chi connectivity index (χ3v) is 3.06. The number of allylic oxidation sites excluding steroid dienone is 1. The second-order valence-electron chi connectivity index (χ2n) is 4.29. The lowest BCUT2D eigenvalue weighted by molar-refractivity contribution is -0.137. The highest BCUT2D eigenvalue weighted by molar-refractivity contribution is 6.30. The SMILES string of the molecule is O=C(/C=C/c1ccccc1C(F)(F)F)c1ccc(Cl)cc1. The van der Waals surface area contributed by atoms with Gasteiger partial charge in [-0.1, -0.05) is 35.9 Å². The number of halogens is 4. The fourth-order valence-corrected chi connectivity index (χ4v) is 1.90. The maximum Gasteiger partial charge on any atom is 0.416 e. The number of carbonyl (C=O) groups is 1. The molecule has 0 aliphatic carbocycles. The lowest BCUT2D eigenvalue weighted by Crippen LogP contribution is -2.07. The third kappa shape index (κ3) is 3.95. The fraction of sp³-hybridized carbons (Fsp3) is 0.0625. The number of benzene rings is 2. The summed E-state index contributed by atoms with van der Waals surface area (Å²) in [4.78, 5) is 11.9.